The average Bonchev–Trinajstić information content (AvgIpc) is 2.59. The summed E-state index contributed by atoms with van der Waals surface area (Å²) in [7, 11) is 0. The molecule has 25 heavy (non-hydrogen) atoms. The number of benzene rings is 1. The van der Waals surface area contributed by atoms with Gasteiger partial charge in [-0.15, -0.1) is 0 Å². The molecule has 3 nitrogen and oxygen atoms in total. The first-order chi connectivity index (χ1) is 12.0. The molecule has 1 saturated heterocycles. The van der Waals surface area contributed by atoms with Crippen LogP contribution in [0.5, 0.6) is 0 Å². The van der Waals surface area contributed by atoms with Gasteiger partial charge < -0.3 is 5.32 Å². The quantitative estimate of drug-likeness (QED) is 0.691. The van der Waals surface area contributed by atoms with E-state index in [4.69, 9.17) is 23.2 Å². The van der Waals surface area contributed by atoms with Crippen LogP contribution in [0.25, 0.3) is 0 Å². The Bertz CT molecular complexity index is 731. The maximum absolute atomic E-state index is 6.26. The molecule has 0 aliphatic carbocycles. The molecule has 2 aromatic rings. The van der Waals surface area contributed by atoms with Crippen molar-refractivity contribution in [3.05, 3.63) is 51.6 Å². The zero-order valence-corrected chi connectivity index (χ0v) is 16.9. The standard InChI is InChI=1S/C19H23Cl2N3S/c1-13(2)16-10-19(23-18-4-3-15(20)9-17(18)21)22-11-14(16)12-24-5-7-25-8-6-24/h3-4,9-11,13H,5-8,12H2,1-2H3,(H,22,23). The Kier molecular flexibility index (Phi) is 6.50. The highest BCUT2D eigenvalue weighted by Crippen LogP contribution is 2.30. The summed E-state index contributed by atoms with van der Waals surface area (Å²) in [6, 6.07) is 7.57. The number of hydrogen-bond acceptors (Lipinski definition) is 4. The van der Waals surface area contributed by atoms with E-state index in [1.807, 2.05) is 30.1 Å². The summed E-state index contributed by atoms with van der Waals surface area (Å²) in [5.74, 6) is 3.70. The zero-order chi connectivity index (χ0) is 17.8. The third kappa shape index (κ3) is 5.04. The van der Waals surface area contributed by atoms with Gasteiger partial charge >= 0.3 is 0 Å². The second-order valence-corrected chi connectivity index (χ2v) is 8.63. The third-order valence-electron chi connectivity index (χ3n) is 4.34. The fourth-order valence-electron chi connectivity index (χ4n) is 2.97. The van der Waals surface area contributed by atoms with Crippen molar-refractivity contribution in [1.82, 2.24) is 9.88 Å². The van der Waals surface area contributed by atoms with E-state index in [1.165, 1.54) is 22.6 Å². The molecule has 0 radical (unpaired) electrons. The molecular formula is C19H23Cl2N3S. The number of halogens is 2. The van der Waals surface area contributed by atoms with Gasteiger partial charge in [-0.1, -0.05) is 37.0 Å². The van der Waals surface area contributed by atoms with E-state index in [0.29, 0.717) is 16.0 Å². The van der Waals surface area contributed by atoms with E-state index in [2.05, 4.69) is 35.1 Å². The summed E-state index contributed by atoms with van der Waals surface area (Å²) in [4.78, 5) is 7.13. The molecule has 134 valence electrons. The van der Waals surface area contributed by atoms with Crippen LogP contribution < -0.4 is 5.32 Å². The van der Waals surface area contributed by atoms with Gasteiger partial charge in [-0.3, -0.25) is 4.90 Å². The molecule has 1 aromatic carbocycles. The molecule has 1 aliphatic rings. The number of thioether (sulfide) groups is 1. The van der Waals surface area contributed by atoms with Gasteiger partial charge in [0, 0.05) is 42.4 Å². The lowest BCUT2D eigenvalue weighted by molar-refractivity contribution is 0.293. The first-order valence-corrected chi connectivity index (χ1v) is 10.4. The molecule has 0 saturated carbocycles. The maximum Gasteiger partial charge on any atom is 0.130 e. The highest BCUT2D eigenvalue weighted by atomic mass is 35.5. The van der Waals surface area contributed by atoms with E-state index in [9.17, 15) is 0 Å². The van der Waals surface area contributed by atoms with Gasteiger partial charge in [0.15, 0.2) is 0 Å². The molecule has 1 aromatic heterocycles. The Balaban J connectivity index is 1.80. The summed E-state index contributed by atoms with van der Waals surface area (Å²) in [6.07, 6.45) is 2.00. The molecular weight excluding hydrogens is 373 g/mol. The Morgan fingerprint density at radius 3 is 2.64 bits per heavy atom. The van der Waals surface area contributed by atoms with Gasteiger partial charge in [-0.25, -0.2) is 4.98 Å². The Hall–Kier alpha value is -0.940. The van der Waals surface area contributed by atoms with Gasteiger partial charge in [-0.05, 0) is 41.3 Å². The first kappa shape index (κ1) is 18.8. The van der Waals surface area contributed by atoms with Gasteiger partial charge in [0.1, 0.15) is 5.82 Å². The van der Waals surface area contributed by atoms with Crippen LogP contribution in [-0.4, -0.2) is 34.5 Å². The molecule has 1 N–H and O–H groups in total. The smallest absolute Gasteiger partial charge is 0.130 e. The largest absolute Gasteiger partial charge is 0.339 e. The van der Waals surface area contributed by atoms with Gasteiger partial charge in [0.25, 0.3) is 0 Å². The van der Waals surface area contributed by atoms with Crippen LogP contribution in [0.4, 0.5) is 11.5 Å². The number of rotatable bonds is 5. The summed E-state index contributed by atoms with van der Waals surface area (Å²) in [5, 5.41) is 4.53. The van der Waals surface area contributed by atoms with Crippen LogP contribution >= 0.6 is 35.0 Å². The minimum absolute atomic E-state index is 0.443. The molecule has 0 amide bonds. The van der Waals surface area contributed by atoms with Gasteiger partial charge in [-0.2, -0.15) is 11.8 Å². The highest BCUT2D eigenvalue weighted by molar-refractivity contribution is 7.99. The van der Waals surface area contributed by atoms with Gasteiger partial charge in [0.2, 0.25) is 0 Å². The van der Waals surface area contributed by atoms with E-state index in [0.717, 1.165) is 31.1 Å². The van der Waals surface area contributed by atoms with Crippen molar-refractivity contribution in [3.8, 4) is 0 Å². The lowest BCUT2D eigenvalue weighted by Crippen LogP contribution is -2.32. The molecule has 2 heterocycles. The normalized spacial score (nSPS) is 15.6. The Morgan fingerprint density at radius 1 is 1.20 bits per heavy atom. The predicted molar refractivity (Wildman–Crippen MR) is 111 cm³/mol. The molecule has 1 fully saturated rings. The Morgan fingerprint density at radius 2 is 1.96 bits per heavy atom. The summed E-state index contributed by atoms with van der Waals surface area (Å²) >= 11 is 14.3. The van der Waals surface area contributed by atoms with E-state index >= 15 is 0 Å². The van der Waals surface area contributed by atoms with Crippen LogP contribution in [-0.2, 0) is 6.54 Å². The first-order valence-electron chi connectivity index (χ1n) is 8.54. The van der Waals surface area contributed by atoms with E-state index in [1.54, 1.807) is 6.07 Å². The molecule has 6 heteroatoms. The number of nitrogens with one attached hydrogen (secondary N) is 1. The number of nitrogens with zero attached hydrogens (tertiary/aromatic N) is 2. The minimum atomic E-state index is 0.443. The molecule has 0 atom stereocenters. The average molecular weight is 396 g/mol. The lowest BCUT2D eigenvalue weighted by atomic mass is 9.98. The molecule has 0 unspecified atom stereocenters. The number of aromatic nitrogens is 1. The highest BCUT2D eigenvalue weighted by Gasteiger charge is 2.15. The monoisotopic (exact) mass is 395 g/mol. The van der Waals surface area contributed by atoms with Crippen molar-refractivity contribution in [1.29, 1.82) is 0 Å². The number of pyridine rings is 1. The second-order valence-electron chi connectivity index (χ2n) is 6.56. The SMILES string of the molecule is CC(C)c1cc(Nc2ccc(Cl)cc2Cl)ncc1CN1CCSCC1. The summed E-state index contributed by atoms with van der Waals surface area (Å²) in [6.45, 7) is 7.74. The number of hydrogen-bond donors (Lipinski definition) is 1. The summed E-state index contributed by atoms with van der Waals surface area (Å²) < 4.78 is 0. The second kappa shape index (κ2) is 8.63. The van der Waals surface area contributed by atoms with Crippen LogP contribution in [0.1, 0.15) is 30.9 Å². The van der Waals surface area contributed by atoms with E-state index < -0.39 is 0 Å². The molecule has 0 spiro atoms. The van der Waals surface area contributed by atoms with Crippen molar-refractivity contribution in [2.75, 3.05) is 29.9 Å². The van der Waals surface area contributed by atoms with Crippen molar-refractivity contribution in [3.63, 3.8) is 0 Å². The maximum atomic E-state index is 6.26. The van der Waals surface area contributed by atoms with Crippen LogP contribution in [0.3, 0.4) is 0 Å². The van der Waals surface area contributed by atoms with Crippen LogP contribution in [0, 0.1) is 0 Å². The molecule has 1 aliphatic heterocycles. The topological polar surface area (TPSA) is 28.2 Å². The lowest BCUT2D eigenvalue weighted by Gasteiger charge is -2.27. The fourth-order valence-corrected chi connectivity index (χ4v) is 4.40. The van der Waals surface area contributed by atoms with Crippen LogP contribution in [0.2, 0.25) is 10.0 Å². The predicted octanol–water partition coefficient (Wildman–Crippen LogP) is 5.80. The van der Waals surface area contributed by atoms with Crippen molar-refractivity contribution < 1.29 is 0 Å². The summed E-state index contributed by atoms with van der Waals surface area (Å²) in [5.41, 5.74) is 3.46. The van der Waals surface area contributed by atoms with Gasteiger partial charge in [0.05, 0.1) is 10.7 Å². The zero-order valence-electron chi connectivity index (χ0n) is 14.6. The fraction of sp³-hybridized carbons (Fsp3) is 0.421. The minimum Gasteiger partial charge on any atom is -0.339 e. The van der Waals surface area contributed by atoms with Crippen molar-refractivity contribution in [2.24, 2.45) is 0 Å². The molecule has 3 rings (SSSR count). The third-order valence-corrected chi connectivity index (χ3v) is 5.83. The van der Waals surface area contributed by atoms with Crippen LogP contribution in [0.15, 0.2) is 30.5 Å². The molecule has 0 bridgehead atoms. The van der Waals surface area contributed by atoms with E-state index in [-0.39, 0.29) is 0 Å². The van der Waals surface area contributed by atoms with Crippen molar-refractivity contribution in [2.45, 2.75) is 26.3 Å². The van der Waals surface area contributed by atoms with Crippen molar-refractivity contribution >= 4 is 46.5 Å². The number of anilines is 2. The Labute approximate surface area is 164 Å².